The van der Waals surface area contributed by atoms with E-state index in [2.05, 4.69) is 16.0 Å². The van der Waals surface area contributed by atoms with Crippen molar-refractivity contribution in [3.63, 3.8) is 0 Å². The molecule has 4 aromatic rings. The molecule has 0 spiro atoms. The molecule has 0 aliphatic heterocycles. The van der Waals surface area contributed by atoms with Gasteiger partial charge in [-0.1, -0.05) is 60.1 Å². The predicted octanol–water partition coefficient (Wildman–Crippen LogP) is 7.01. The number of para-hydroxylation sites is 1. The van der Waals surface area contributed by atoms with Crippen LogP contribution in [0.1, 0.15) is 22.8 Å². The van der Waals surface area contributed by atoms with Crippen molar-refractivity contribution in [1.82, 2.24) is 5.32 Å². The highest BCUT2D eigenvalue weighted by Gasteiger charge is 2.18. The molecule has 0 aliphatic rings. The zero-order valence-corrected chi connectivity index (χ0v) is 22.9. The van der Waals surface area contributed by atoms with Crippen LogP contribution in [0.2, 0.25) is 5.02 Å². The molecule has 1 atom stereocenters. The second kappa shape index (κ2) is 13.6. The van der Waals surface area contributed by atoms with E-state index in [1.54, 1.807) is 79.7 Å². The zero-order chi connectivity index (χ0) is 28.5. The number of halogens is 2. The van der Waals surface area contributed by atoms with Gasteiger partial charge in [0, 0.05) is 16.1 Å². The maximum Gasteiger partial charge on any atom is 0.272 e. The second-order valence-electron chi connectivity index (χ2n) is 8.64. The first-order valence-electron chi connectivity index (χ1n) is 12.3. The van der Waals surface area contributed by atoms with E-state index in [9.17, 15) is 18.8 Å². The molecule has 0 fully saturated rings. The molecule has 202 valence electrons. The molecule has 6 nitrogen and oxygen atoms in total. The lowest BCUT2D eigenvalue weighted by molar-refractivity contribution is -0.115. The fourth-order valence-corrected chi connectivity index (χ4v) is 4.68. The molecule has 4 aromatic carbocycles. The fourth-order valence-electron chi connectivity index (χ4n) is 3.57. The van der Waals surface area contributed by atoms with Crippen LogP contribution in [0.25, 0.3) is 6.08 Å². The summed E-state index contributed by atoms with van der Waals surface area (Å²) >= 11 is 7.46. The summed E-state index contributed by atoms with van der Waals surface area (Å²) in [6, 6.07) is 28.0. The van der Waals surface area contributed by atoms with Gasteiger partial charge in [0.15, 0.2) is 0 Å². The highest BCUT2D eigenvalue weighted by molar-refractivity contribution is 8.00. The number of anilines is 2. The van der Waals surface area contributed by atoms with Crippen molar-refractivity contribution in [1.29, 1.82) is 0 Å². The second-order valence-corrected chi connectivity index (χ2v) is 10.5. The molecule has 0 saturated heterocycles. The minimum Gasteiger partial charge on any atom is -0.324 e. The van der Waals surface area contributed by atoms with Gasteiger partial charge in [-0.3, -0.25) is 14.4 Å². The molecule has 3 N–H and O–H groups in total. The van der Waals surface area contributed by atoms with E-state index in [1.807, 2.05) is 6.07 Å². The summed E-state index contributed by atoms with van der Waals surface area (Å²) in [6.07, 6.45) is 1.47. The summed E-state index contributed by atoms with van der Waals surface area (Å²) in [5, 5.41) is 8.25. The highest BCUT2D eigenvalue weighted by atomic mass is 35.5. The topological polar surface area (TPSA) is 87.3 Å². The standard InChI is InChI=1S/C31H25ClFN3O3S/c1-20(29(37)35-27-13-6-5-12-26(27)32)40-25-11-7-10-24(19-25)34-31(39)28(18-21-14-16-23(33)17-15-21)36-30(38)22-8-3-2-4-9-22/h2-20H,1H3,(H,34,39)(H,35,37)(H,36,38)/b28-18-. The van der Waals surface area contributed by atoms with E-state index < -0.39 is 22.9 Å². The van der Waals surface area contributed by atoms with Crippen LogP contribution in [0, 0.1) is 5.82 Å². The van der Waals surface area contributed by atoms with E-state index in [0.717, 1.165) is 4.90 Å². The molecular weight excluding hydrogens is 549 g/mol. The Morgan fingerprint density at radius 1 is 0.850 bits per heavy atom. The number of hydrogen-bond acceptors (Lipinski definition) is 4. The third kappa shape index (κ3) is 8.05. The van der Waals surface area contributed by atoms with E-state index in [0.29, 0.717) is 27.5 Å². The normalized spacial score (nSPS) is 11.8. The van der Waals surface area contributed by atoms with Gasteiger partial charge < -0.3 is 16.0 Å². The van der Waals surface area contributed by atoms with Crippen LogP contribution < -0.4 is 16.0 Å². The van der Waals surface area contributed by atoms with Gasteiger partial charge in [-0.2, -0.15) is 0 Å². The first-order valence-corrected chi connectivity index (χ1v) is 13.5. The fraction of sp³-hybridized carbons (Fsp3) is 0.0645. The first kappa shape index (κ1) is 28.6. The SMILES string of the molecule is CC(Sc1cccc(NC(=O)/C(=C/c2ccc(F)cc2)NC(=O)c2ccccc2)c1)C(=O)Nc1ccccc1Cl. The van der Waals surface area contributed by atoms with Crippen molar-refractivity contribution in [2.24, 2.45) is 0 Å². The Kier molecular flexibility index (Phi) is 9.72. The molecule has 0 radical (unpaired) electrons. The summed E-state index contributed by atoms with van der Waals surface area (Å²) in [5.41, 5.74) is 1.88. The maximum absolute atomic E-state index is 13.4. The minimum absolute atomic E-state index is 0.0222. The molecule has 9 heteroatoms. The smallest absolute Gasteiger partial charge is 0.272 e. The lowest BCUT2D eigenvalue weighted by Crippen LogP contribution is -2.30. The molecular formula is C31H25ClFN3O3S. The van der Waals surface area contributed by atoms with Crippen molar-refractivity contribution in [3.8, 4) is 0 Å². The average molecular weight is 574 g/mol. The van der Waals surface area contributed by atoms with Crippen LogP contribution in [0.4, 0.5) is 15.8 Å². The summed E-state index contributed by atoms with van der Waals surface area (Å²) in [4.78, 5) is 39.5. The lowest BCUT2D eigenvalue weighted by Gasteiger charge is -2.14. The molecule has 1 unspecified atom stereocenters. The minimum atomic E-state index is -0.569. The first-order chi connectivity index (χ1) is 19.3. The summed E-state index contributed by atoms with van der Waals surface area (Å²) in [7, 11) is 0. The Balaban J connectivity index is 1.48. The quantitative estimate of drug-likeness (QED) is 0.148. The molecule has 3 amide bonds. The van der Waals surface area contributed by atoms with Gasteiger partial charge in [0.2, 0.25) is 5.91 Å². The monoisotopic (exact) mass is 573 g/mol. The number of nitrogens with one attached hydrogen (secondary N) is 3. The van der Waals surface area contributed by atoms with E-state index in [1.165, 1.54) is 42.1 Å². The average Bonchev–Trinajstić information content (AvgIpc) is 2.95. The Morgan fingerprint density at radius 2 is 1.55 bits per heavy atom. The number of amides is 3. The van der Waals surface area contributed by atoms with Crippen molar-refractivity contribution in [2.75, 3.05) is 10.6 Å². The van der Waals surface area contributed by atoms with Gasteiger partial charge in [0.25, 0.3) is 11.8 Å². The molecule has 0 heterocycles. The number of thioether (sulfide) groups is 1. The van der Waals surface area contributed by atoms with E-state index in [-0.39, 0.29) is 11.6 Å². The van der Waals surface area contributed by atoms with Gasteiger partial charge in [-0.05, 0) is 73.2 Å². The molecule has 0 aromatic heterocycles. The van der Waals surface area contributed by atoms with E-state index >= 15 is 0 Å². The largest absolute Gasteiger partial charge is 0.324 e. The number of benzene rings is 4. The predicted molar refractivity (Wildman–Crippen MR) is 159 cm³/mol. The van der Waals surface area contributed by atoms with Crippen molar-refractivity contribution < 1.29 is 18.8 Å². The van der Waals surface area contributed by atoms with Crippen LogP contribution in [-0.2, 0) is 9.59 Å². The van der Waals surface area contributed by atoms with Crippen LogP contribution in [0.5, 0.6) is 0 Å². The summed E-state index contributed by atoms with van der Waals surface area (Å²) in [5.74, 6) is -1.67. The number of hydrogen-bond donors (Lipinski definition) is 3. The number of rotatable bonds is 9. The third-order valence-corrected chi connectivity index (χ3v) is 7.04. The zero-order valence-electron chi connectivity index (χ0n) is 21.4. The molecule has 40 heavy (non-hydrogen) atoms. The Bertz CT molecular complexity index is 1550. The van der Waals surface area contributed by atoms with E-state index in [4.69, 9.17) is 11.6 Å². The van der Waals surface area contributed by atoms with Gasteiger partial charge in [0.1, 0.15) is 11.5 Å². The van der Waals surface area contributed by atoms with Crippen molar-refractivity contribution >= 4 is 58.5 Å². The highest BCUT2D eigenvalue weighted by Crippen LogP contribution is 2.28. The maximum atomic E-state index is 13.4. The molecule has 0 bridgehead atoms. The van der Waals surface area contributed by atoms with Gasteiger partial charge >= 0.3 is 0 Å². The summed E-state index contributed by atoms with van der Waals surface area (Å²) in [6.45, 7) is 1.77. The van der Waals surface area contributed by atoms with Crippen LogP contribution in [-0.4, -0.2) is 23.0 Å². The Hall–Kier alpha value is -4.40. The molecule has 0 aliphatic carbocycles. The molecule has 0 saturated carbocycles. The Labute approximate surface area is 240 Å². The van der Waals surface area contributed by atoms with Gasteiger partial charge in [-0.25, -0.2) is 4.39 Å². The third-order valence-electron chi connectivity index (χ3n) is 5.62. The van der Waals surface area contributed by atoms with Crippen LogP contribution in [0.3, 0.4) is 0 Å². The molecule has 4 rings (SSSR count). The lowest BCUT2D eigenvalue weighted by atomic mass is 10.1. The van der Waals surface area contributed by atoms with Crippen molar-refractivity contribution in [2.45, 2.75) is 17.1 Å². The van der Waals surface area contributed by atoms with Crippen molar-refractivity contribution in [3.05, 3.63) is 131 Å². The number of carbonyl (C=O) groups excluding carboxylic acids is 3. The summed E-state index contributed by atoms with van der Waals surface area (Å²) < 4.78 is 13.4. The van der Waals surface area contributed by atoms with Gasteiger partial charge in [-0.15, -0.1) is 11.8 Å². The van der Waals surface area contributed by atoms with Crippen LogP contribution in [0.15, 0.2) is 114 Å². The van der Waals surface area contributed by atoms with Gasteiger partial charge in [0.05, 0.1) is 16.0 Å². The Morgan fingerprint density at radius 3 is 2.27 bits per heavy atom. The van der Waals surface area contributed by atoms with Crippen LogP contribution >= 0.6 is 23.4 Å². The number of carbonyl (C=O) groups is 3.